The van der Waals surface area contributed by atoms with Gasteiger partial charge < -0.3 is 4.98 Å². The molecule has 0 bridgehead atoms. The van der Waals surface area contributed by atoms with E-state index in [9.17, 15) is 9.18 Å². The Labute approximate surface area is 114 Å². The van der Waals surface area contributed by atoms with E-state index in [0.29, 0.717) is 11.3 Å². The summed E-state index contributed by atoms with van der Waals surface area (Å²) in [6.45, 7) is 0. The second-order valence-electron chi connectivity index (χ2n) is 4.36. The van der Waals surface area contributed by atoms with Crippen molar-refractivity contribution in [3.63, 3.8) is 0 Å². The largest absolute Gasteiger partial charge is 0.306 e. The van der Waals surface area contributed by atoms with Crippen LogP contribution in [0.5, 0.6) is 0 Å². The van der Waals surface area contributed by atoms with Gasteiger partial charge in [0, 0.05) is 0 Å². The summed E-state index contributed by atoms with van der Waals surface area (Å²) in [7, 11) is 0. The summed E-state index contributed by atoms with van der Waals surface area (Å²) in [6, 6.07) is 13.7. The Morgan fingerprint density at radius 3 is 2.65 bits per heavy atom. The van der Waals surface area contributed by atoms with Crippen LogP contribution in [0.1, 0.15) is 11.4 Å². The molecule has 0 unspecified atom stereocenters. The molecule has 0 spiro atoms. The van der Waals surface area contributed by atoms with Crippen LogP contribution in [0.2, 0.25) is 0 Å². The highest BCUT2D eigenvalue weighted by Gasteiger charge is 2.03. The molecule has 2 aromatic carbocycles. The number of benzene rings is 2. The molecule has 1 aromatic heterocycles. The van der Waals surface area contributed by atoms with Gasteiger partial charge in [-0.3, -0.25) is 4.79 Å². The highest BCUT2D eigenvalue weighted by molar-refractivity contribution is 5.79. The van der Waals surface area contributed by atoms with Crippen LogP contribution in [0.15, 0.2) is 53.3 Å². The van der Waals surface area contributed by atoms with Crippen molar-refractivity contribution in [2.75, 3.05) is 0 Å². The van der Waals surface area contributed by atoms with Crippen molar-refractivity contribution in [2.24, 2.45) is 0 Å². The highest BCUT2D eigenvalue weighted by atomic mass is 19.1. The Morgan fingerprint density at radius 2 is 1.85 bits per heavy atom. The Kier molecular flexibility index (Phi) is 3.13. The van der Waals surface area contributed by atoms with Gasteiger partial charge in [-0.15, -0.1) is 0 Å². The van der Waals surface area contributed by atoms with Crippen LogP contribution < -0.4 is 5.56 Å². The molecule has 4 heteroatoms. The van der Waals surface area contributed by atoms with Gasteiger partial charge >= 0.3 is 0 Å². The fraction of sp³-hybridized carbons (Fsp3) is 0. The number of nitrogens with zero attached hydrogens (tertiary/aromatic N) is 1. The van der Waals surface area contributed by atoms with E-state index in [4.69, 9.17) is 0 Å². The number of halogens is 1. The topological polar surface area (TPSA) is 45.8 Å². The second-order valence-corrected chi connectivity index (χ2v) is 4.36. The first kappa shape index (κ1) is 12.3. The first-order valence-corrected chi connectivity index (χ1v) is 6.15. The Balaban J connectivity index is 2.03. The lowest BCUT2D eigenvalue weighted by Gasteiger charge is -1.99. The van der Waals surface area contributed by atoms with E-state index >= 15 is 0 Å². The van der Waals surface area contributed by atoms with Gasteiger partial charge in [-0.25, -0.2) is 9.37 Å². The van der Waals surface area contributed by atoms with Crippen molar-refractivity contribution in [2.45, 2.75) is 0 Å². The predicted octanol–water partition coefficient (Wildman–Crippen LogP) is 3.23. The summed E-state index contributed by atoms with van der Waals surface area (Å²) in [5, 5.41) is 0.252. The first-order chi connectivity index (χ1) is 9.72. The maximum absolute atomic E-state index is 13.1. The zero-order valence-electron chi connectivity index (χ0n) is 10.5. The molecule has 1 N–H and O–H groups in total. The lowest BCUT2D eigenvalue weighted by Crippen LogP contribution is -2.09. The third-order valence-corrected chi connectivity index (χ3v) is 2.92. The number of fused-ring (bicyclic) bond motifs is 1. The molecule has 0 fully saturated rings. The van der Waals surface area contributed by atoms with Crippen LogP contribution in [-0.2, 0) is 0 Å². The van der Waals surface area contributed by atoms with Crippen LogP contribution in [0.25, 0.3) is 23.1 Å². The summed E-state index contributed by atoms with van der Waals surface area (Å²) in [5.41, 5.74) is 1.14. The molecule has 1 heterocycles. The van der Waals surface area contributed by atoms with Crippen molar-refractivity contribution in [3.05, 3.63) is 76.1 Å². The first-order valence-electron chi connectivity index (χ1n) is 6.15. The molecule has 3 aromatic rings. The number of H-pyrrole nitrogens is 1. The molecule has 20 heavy (non-hydrogen) atoms. The number of hydrogen-bond acceptors (Lipinski definition) is 2. The third kappa shape index (κ3) is 2.49. The molecule has 0 aliphatic rings. The van der Waals surface area contributed by atoms with Gasteiger partial charge in [0.1, 0.15) is 11.6 Å². The lowest BCUT2D eigenvalue weighted by molar-refractivity contribution is 0.629. The Bertz CT molecular complexity index is 838. The molecule has 98 valence electrons. The van der Waals surface area contributed by atoms with Crippen molar-refractivity contribution in [3.8, 4) is 0 Å². The molecular formula is C16H11FN2O. The molecule has 0 radical (unpaired) electrons. The lowest BCUT2D eigenvalue weighted by atomic mass is 10.2. The molecule has 0 aliphatic carbocycles. The normalized spacial score (nSPS) is 11.2. The van der Waals surface area contributed by atoms with Gasteiger partial charge in [-0.05, 0) is 29.8 Å². The smallest absolute Gasteiger partial charge is 0.259 e. The molecule has 0 saturated carbocycles. The summed E-state index contributed by atoms with van der Waals surface area (Å²) in [5.74, 6) is -0.00432. The second kappa shape index (κ2) is 5.09. The molecule has 3 nitrogen and oxygen atoms in total. The van der Waals surface area contributed by atoms with Gasteiger partial charge in [0.15, 0.2) is 0 Å². The van der Waals surface area contributed by atoms with Crippen molar-refractivity contribution in [1.82, 2.24) is 9.97 Å². The SMILES string of the molecule is O=c1[nH]c(/C=C/c2ccccc2)nc2ccc(F)cc12. The summed E-state index contributed by atoms with van der Waals surface area (Å²) in [6.07, 6.45) is 3.58. The van der Waals surface area contributed by atoms with Gasteiger partial charge in [-0.2, -0.15) is 0 Å². The van der Waals surface area contributed by atoms with Gasteiger partial charge in [0.2, 0.25) is 0 Å². The maximum atomic E-state index is 13.1. The van der Waals surface area contributed by atoms with E-state index in [0.717, 1.165) is 5.56 Å². The third-order valence-electron chi connectivity index (χ3n) is 2.92. The number of nitrogens with one attached hydrogen (secondary N) is 1. The minimum Gasteiger partial charge on any atom is -0.306 e. The average molecular weight is 266 g/mol. The number of rotatable bonds is 2. The number of aromatic nitrogens is 2. The van der Waals surface area contributed by atoms with Gasteiger partial charge in [-0.1, -0.05) is 36.4 Å². The molecule has 0 atom stereocenters. The number of hydrogen-bond donors (Lipinski definition) is 1. The molecule has 0 aliphatic heterocycles. The van der Waals surface area contributed by atoms with Gasteiger partial charge in [0.25, 0.3) is 5.56 Å². The zero-order chi connectivity index (χ0) is 13.9. The highest BCUT2D eigenvalue weighted by Crippen LogP contribution is 2.10. The Morgan fingerprint density at radius 1 is 1.05 bits per heavy atom. The van der Waals surface area contributed by atoms with E-state index in [1.165, 1.54) is 18.2 Å². The van der Waals surface area contributed by atoms with Crippen LogP contribution in [0.4, 0.5) is 4.39 Å². The monoisotopic (exact) mass is 266 g/mol. The molecular weight excluding hydrogens is 255 g/mol. The molecule has 3 rings (SSSR count). The summed E-state index contributed by atoms with van der Waals surface area (Å²) < 4.78 is 13.1. The van der Waals surface area contributed by atoms with E-state index < -0.39 is 5.82 Å². The fourth-order valence-electron chi connectivity index (χ4n) is 1.95. The van der Waals surface area contributed by atoms with E-state index in [-0.39, 0.29) is 10.9 Å². The van der Waals surface area contributed by atoms with Gasteiger partial charge in [0.05, 0.1) is 10.9 Å². The van der Waals surface area contributed by atoms with Crippen molar-refractivity contribution >= 4 is 23.1 Å². The van der Waals surface area contributed by atoms with Crippen LogP contribution in [0.3, 0.4) is 0 Å². The Hall–Kier alpha value is -2.75. The van der Waals surface area contributed by atoms with Crippen LogP contribution >= 0.6 is 0 Å². The fourth-order valence-corrected chi connectivity index (χ4v) is 1.95. The minimum absolute atomic E-state index is 0.252. The minimum atomic E-state index is -0.447. The molecule has 0 saturated heterocycles. The van der Waals surface area contributed by atoms with E-state index in [1.807, 2.05) is 36.4 Å². The molecule has 0 amide bonds. The van der Waals surface area contributed by atoms with E-state index in [2.05, 4.69) is 9.97 Å². The zero-order valence-corrected chi connectivity index (χ0v) is 10.5. The average Bonchev–Trinajstić information content (AvgIpc) is 2.47. The predicted molar refractivity (Wildman–Crippen MR) is 77.7 cm³/mol. The van der Waals surface area contributed by atoms with Crippen LogP contribution in [-0.4, -0.2) is 9.97 Å². The van der Waals surface area contributed by atoms with Crippen LogP contribution in [0, 0.1) is 5.82 Å². The van der Waals surface area contributed by atoms with E-state index in [1.54, 1.807) is 6.08 Å². The standard InChI is InChI=1S/C16H11FN2O/c17-12-7-8-14-13(10-12)16(20)19-15(18-14)9-6-11-4-2-1-3-5-11/h1-10H,(H,18,19,20)/b9-6+. The quantitative estimate of drug-likeness (QED) is 0.774. The van der Waals surface area contributed by atoms with Crippen molar-refractivity contribution < 1.29 is 4.39 Å². The summed E-state index contributed by atoms with van der Waals surface area (Å²) >= 11 is 0. The summed E-state index contributed by atoms with van der Waals surface area (Å²) in [4.78, 5) is 18.8. The maximum Gasteiger partial charge on any atom is 0.259 e. The number of aromatic amines is 1. The van der Waals surface area contributed by atoms with Crippen molar-refractivity contribution in [1.29, 1.82) is 0 Å².